The number of carbonyl (C=O) groups excluding carboxylic acids is 3. The van der Waals surface area contributed by atoms with Crippen molar-refractivity contribution in [3.05, 3.63) is 108 Å². The number of hydrogen-bond donors (Lipinski definition) is 1. The van der Waals surface area contributed by atoms with Crippen LogP contribution in [-0.2, 0) is 26.5 Å². The van der Waals surface area contributed by atoms with Crippen molar-refractivity contribution in [1.29, 1.82) is 0 Å². The third-order valence-electron chi connectivity index (χ3n) is 6.24. The second-order valence-electron chi connectivity index (χ2n) is 8.25. The zero-order valence-corrected chi connectivity index (χ0v) is 17.9. The second kappa shape index (κ2) is 7.86. The van der Waals surface area contributed by atoms with Gasteiger partial charge in [0.25, 0.3) is 5.91 Å². The molecule has 5 rings (SSSR count). The predicted octanol–water partition coefficient (Wildman–Crippen LogP) is 3.98. The SMILES string of the molecule is C[C@@]12OC(c3ccccc3)(c3ccccc3)[C@@H]1N(C(=O)OCc1ccccc1)C(=O)NC2=O. The molecule has 2 heterocycles. The molecule has 4 amide bonds. The minimum absolute atomic E-state index is 0.00857. The highest BCUT2D eigenvalue weighted by atomic mass is 16.6. The molecule has 33 heavy (non-hydrogen) atoms. The minimum Gasteiger partial charge on any atom is -0.444 e. The van der Waals surface area contributed by atoms with E-state index in [2.05, 4.69) is 5.32 Å². The fourth-order valence-electron chi connectivity index (χ4n) is 4.72. The van der Waals surface area contributed by atoms with Gasteiger partial charge in [0, 0.05) is 0 Å². The summed E-state index contributed by atoms with van der Waals surface area (Å²) in [4.78, 5) is 40.1. The molecule has 3 aromatic carbocycles. The Morgan fingerprint density at radius 2 is 1.42 bits per heavy atom. The Balaban J connectivity index is 1.58. The largest absolute Gasteiger partial charge is 0.444 e. The molecular weight excluding hydrogens is 420 g/mol. The van der Waals surface area contributed by atoms with Crippen molar-refractivity contribution in [2.45, 2.75) is 30.8 Å². The molecule has 2 saturated heterocycles. The summed E-state index contributed by atoms with van der Waals surface area (Å²) < 4.78 is 11.9. The van der Waals surface area contributed by atoms with Crippen molar-refractivity contribution in [1.82, 2.24) is 10.2 Å². The summed E-state index contributed by atoms with van der Waals surface area (Å²) in [6, 6.07) is 26.0. The van der Waals surface area contributed by atoms with Crippen molar-refractivity contribution < 1.29 is 23.9 Å². The van der Waals surface area contributed by atoms with Gasteiger partial charge in [0.05, 0.1) is 0 Å². The molecule has 0 bridgehead atoms. The van der Waals surface area contributed by atoms with E-state index in [-0.39, 0.29) is 6.61 Å². The smallest absolute Gasteiger partial charge is 0.418 e. The number of ether oxygens (including phenoxy) is 2. The van der Waals surface area contributed by atoms with Crippen LogP contribution >= 0.6 is 0 Å². The molecule has 0 aliphatic carbocycles. The Morgan fingerprint density at radius 3 is 1.97 bits per heavy atom. The third kappa shape index (κ3) is 3.20. The van der Waals surface area contributed by atoms with Gasteiger partial charge in [0.1, 0.15) is 18.2 Å². The molecule has 0 aromatic heterocycles. The van der Waals surface area contributed by atoms with Crippen molar-refractivity contribution in [2.75, 3.05) is 0 Å². The average Bonchev–Trinajstić information content (AvgIpc) is 2.84. The van der Waals surface area contributed by atoms with E-state index < -0.39 is 35.3 Å². The summed E-state index contributed by atoms with van der Waals surface area (Å²) >= 11 is 0. The first-order chi connectivity index (χ1) is 16.0. The van der Waals surface area contributed by atoms with Crippen LogP contribution in [0.2, 0.25) is 0 Å². The predicted molar refractivity (Wildman–Crippen MR) is 119 cm³/mol. The van der Waals surface area contributed by atoms with Gasteiger partial charge in [-0.15, -0.1) is 0 Å². The molecule has 1 N–H and O–H groups in total. The quantitative estimate of drug-likeness (QED) is 0.661. The highest BCUT2D eigenvalue weighted by molar-refractivity contribution is 6.08. The Hall–Kier alpha value is -3.97. The van der Waals surface area contributed by atoms with Crippen LogP contribution in [0.25, 0.3) is 0 Å². The highest BCUT2D eigenvalue weighted by Crippen LogP contribution is 2.56. The lowest BCUT2D eigenvalue weighted by atomic mass is 9.65. The number of benzene rings is 3. The molecule has 2 atom stereocenters. The van der Waals surface area contributed by atoms with Gasteiger partial charge in [-0.3, -0.25) is 10.1 Å². The van der Waals surface area contributed by atoms with Gasteiger partial charge in [0.2, 0.25) is 0 Å². The number of carbonyl (C=O) groups is 3. The summed E-state index contributed by atoms with van der Waals surface area (Å²) in [5.74, 6) is -0.591. The first-order valence-corrected chi connectivity index (χ1v) is 10.6. The van der Waals surface area contributed by atoms with E-state index in [1.165, 1.54) is 0 Å². The third-order valence-corrected chi connectivity index (χ3v) is 6.24. The van der Waals surface area contributed by atoms with Crippen LogP contribution < -0.4 is 5.32 Å². The Labute approximate surface area is 190 Å². The first kappa shape index (κ1) is 20.9. The maximum Gasteiger partial charge on any atom is 0.418 e. The summed E-state index contributed by atoms with van der Waals surface area (Å²) in [6.07, 6.45) is -0.848. The molecule has 0 unspecified atom stereocenters. The molecule has 0 saturated carbocycles. The maximum absolute atomic E-state index is 13.2. The number of nitrogens with one attached hydrogen (secondary N) is 1. The summed E-state index contributed by atoms with van der Waals surface area (Å²) in [5.41, 5.74) is -0.435. The van der Waals surface area contributed by atoms with Gasteiger partial charge in [-0.1, -0.05) is 91.0 Å². The first-order valence-electron chi connectivity index (χ1n) is 10.6. The molecule has 166 valence electrons. The number of nitrogens with zero attached hydrogens (tertiary/aromatic N) is 1. The molecular formula is C26H22N2O5. The fourth-order valence-corrected chi connectivity index (χ4v) is 4.72. The van der Waals surface area contributed by atoms with Gasteiger partial charge < -0.3 is 9.47 Å². The van der Waals surface area contributed by atoms with Crippen molar-refractivity contribution >= 4 is 18.0 Å². The molecule has 2 aliphatic rings. The topological polar surface area (TPSA) is 84.9 Å². The lowest BCUT2D eigenvalue weighted by Gasteiger charge is -2.63. The number of hydrogen-bond acceptors (Lipinski definition) is 5. The van der Waals surface area contributed by atoms with E-state index in [0.29, 0.717) is 0 Å². The summed E-state index contributed by atoms with van der Waals surface area (Å²) in [6.45, 7) is 1.58. The number of urea groups is 1. The van der Waals surface area contributed by atoms with Gasteiger partial charge in [-0.2, -0.15) is 0 Å². The maximum atomic E-state index is 13.2. The van der Waals surface area contributed by atoms with Crippen LogP contribution in [0.5, 0.6) is 0 Å². The van der Waals surface area contributed by atoms with E-state index >= 15 is 0 Å². The number of amides is 4. The Bertz CT molecular complexity index is 1160. The molecule has 0 radical (unpaired) electrons. The average molecular weight is 442 g/mol. The monoisotopic (exact) mass is 442 g/mol. The molecule has 7 nitrogen and oxygen atoms in total. The zero-order chi connectivity index (χ0) is 23.1. The van der Waals surface area contributed by atoms with E-state index in [1.54, 1.807) is 6.92 Å². The molecule has 2 fully saturated rings. The van der Waals surface area contributed by atoms with Crippen LogP contribution in [-0.4, -0.2) is 34.6 Å². The van der Waals surface area contributed by atoms with E-state index in [9.17, 15) is 14.4 Å². The normalized spacial score (nSPS) is 23.2. The Morgan fingerprint density at radius 1 is 0.909 bits per heavy atom. The van der Waals surface area contributed by atoms with Crippen LogP contribution in [0.4, 0.5) is 9.59 Å². The molecule has 3 aromatic rings. The standard InChI is InChI=1S/C26H22N2O5/c1-25-21(26(33-25,19-13-7-3-8-14-19)20-15-9-4-10-16-20)28(23(30)27-22(25)29)24(31)32-17-18-11-5-2-6-12-18/h2-16,21H,17H2,1H3,(H,27,29,30)/t21-,25-/m1/s1. The van der Waals surface area contributed by atoms with E-state index in [0.717, 1.165) is 21.6 Å². The van der Waals surface area contributed by atoms with Gasteiger partial charge in [-0.25, -0.2) is 14.5 Å². The van der Waals surface area contributed by atoms with Crippen molar-refractivity contribution in [2.24, 2.45) is 0 Å². The van der Waals surface area contributed by atoms with Crippen LogP contribution in [0.3, 0.4) is 0 Å². The van der Waals surface area contributed by atoms with E-state index in [1.807, 2.05) is 91.0 Å². The van der Waals surface area contributed by atoms with Gasteiger partial charge in [0.15, 0.2) is 5.60 Å². The fraction of sp³-hybridized carbons (Fsp3) is 0.192. The number of imide groups is 2. The number of rotatable bonds is 4. The van der Waals surface area contributed by atoms with Crippen LogP contribution in [0.1, 0.15) is 23.6 Å². The zero-order valence-electron chi connectivity index (χ0n) is 17.9. The van der Waals surface area contributed by atoms with E-state index in [4.69, 9.17) is 9.47 Å². The highest BCUT2D eigenvalue weighted by Gasteiger charge is 2.74. The summed E-state index contributed by atoms with van der Waals surface area (Å²) in [7, 11) is 0. The molecule has 2 aliphatic heterocycles. The molecule has 0 spiro atoms. The molecule has 7 heteroatoms. The van der Waals surface area contributed by atoms with Crippen LogP contribution in [0, 0.1) is 0 Å². The van der Waals surface area contributed by atoms with Crippen molar-refractivity contribution in [3.63, 3.8) is 0 Å². The number of fused-ring (bicyclic) bond motifs is 1. The lowest BCUT2D eigenvalue weighted by molar-refractivity contribution is -0.287. The van der Waals surface area contributed by atoms with Crippen molar-refractivity contribution in [3.8, 4) is 0 Å². The Kier molecular flexibility index (Phi) is 4.98. The lowest BCUT2D eigenvalue weighted by Crippen LogP contribution is -2.84. The summed E-state index contributed by atoms with van der Waals surface area (Å²) in [5, 5.41) is 2.24. The van der Waals surface area contributed by atoms with Crippen LogP contribution in [0.15, 0.2) is 91.0 Å². The minimum atomic E-state index is -1.44. The second-order valence-corrected chi connectivity index (χ2v) is 8.25. The van der Waals surface area contributed by atoms with Gasteiger partial charge >= 0.3 is 12.1 Å². The van der Waals surface area contributed by atoms with Gasteiger partial charge in [-0.05, 0) is 23.6 Å².